The third kappa shape index (κ3) is 3.90. The highest BCUT2D eigenvalue weighted by atomic mass is 35.5. The number of rotatable bonds is 6. The summed E-state index contributed by atoms with van der Waals surface area (Å²) in [6.45, 7) is 4.27. The molecule has 0 aromatic carbocycles. The fourth-order valence-electron chi connectivity index (χ4n) is 2.45. The predicted octanol–water partition coefficient (Wildman–Crippen LogP) is 1.29. The average molecular weight is 338 g/mol. The third-order valence-electron chi connectivity index (χ3n) is 3.78. The van der Waals surface area contributed by atoms with Gasteiger partial charge >= 0.3 is 0 Å². The van der Waals surface area contributed by atoms with Crippen molar-refractivity contribution in [2.45, 2.75) is 13.2 Å². The maximum Gasteiger partial charge on any atom is 0.229 e. The summed E-state index contributed by atoms with van der Waals surface area (Å²) in [5.41, 5.74) is 0.812. The first-order valence-electron chi connectivity index (χ1n) is 7.45. The van der Waals surface area contributed by atoms with Crippen LogP contribution in [-0.2, 0) is 7.05 Å². The predicted molar refractivity (Wildman–Crippen MR) is 88.8 cm³/mol. The van der Waals surface area contributed by atoms with E-state index in [1.165, 1.54) is 0 Å². The van der Waals surface area contributed by atoms with E-state index >= 15 is 0 Å². The number of aliphatic hydroxyl groups is 1. The van der Waals surface area contributed by atoms with Crippen molar-refractivity contribution >= 4 is 29.1 Å². The molecule has 124 valence electrons. The lowest BCUT2D eigenvalue weighted by Gasteiger charge is -2.41. The van der Waals surface area contributed by atoms with Gasteiger partial charge in [-0.15, -0.1) is 0 Å². The molecule has 1 atom stereocenters. The maximum atomic E-state index is 9.45. The monoisotopic (exact) mass is 337 g/mol. The number of hydrogen-bond donors (Lipinski definition) is 3. The van der Waals surface area contributed by atoms with Gasteiger partial charge in [-0.05, 0) is 6.92 Å². The molecule has 0 saturated carbocycles. The Kier molecular flexibility index (Phi) is 4.65. The van der Waals surface area contributed by atoms with Crippen molar-refractivity contribution in [2.24, 2.45) is 13.0 Å². The smallest absolute Gasteiger partial charge is 0.229 e. The minimum atomic E-state index is -0.385. The highest BCUT2D eigenvalue weighted by Crippen LogP contribution is 2.23. The number of nitrogens with zero attached hydrogens (tertiary/aromatic N) is 5. The van der Waals surface area contributed by atoms with Crippen LogP contribution in [0, 0.1) is 5.92 Å². The number of nitrogens with one attached hydrogen (secondary N) is 2. The van der Waals surface area contributed by atoms with E-state index in [9.17, 15) is 5.11 Å². The summed E-state index contributed by atoms with van der Waals surface area (Å²) in [7, 11) is 1.84. The van der Waals surface area contributed by atoms with Gasteiger partial charge in [0.25, 0.3) is 0 Å². The molecule has 1 fully saturated rings. The summed E-state index contributed by atoms with van der Waals surface area (Å²) in [5, 5.41) is 20.3. The minimum absolute atomic E-state index is 0.385. The second-order valence-electron chi connectivity index (χ2n) is 5.75. The molecule has 1 unspecified atom stereocenters. The largest absolute Gasteiger partial charge is 0.379 e. The van der Waals surface area contributed by atoms with Gasteiger partial charge in [0.15, 0.2) is 5.82 Å². The van der Waals surface area contributed by atoms with Crippen LogP contribution < -0.4 is 10.6 Å². The Balaban J connectivity index is 1.58. The summed E-state index contributed by atoms with van der Waals surface area (Å²) in [6, 6.07) is 0. The third-order valence-corrected chi connectivity index (χ3v) is 4.05. The summed E-state index contributed by atoms with van der Waals surface area (Å²) >= 11 is 6.14. The van der Waals surface area contributed by atoms with Crippen molar-refractivity contribution in [2.75, 3.05) is 30.3 Å². The lowest BCUT2D eigenvalue weighted by molar-refractivity contribution is -0.0494. The van der Waals surface area contributed by atoms with Gasteiger partial charge in [-0.1, -0.05) is 11.6 Å². The van der Waals surface area contributed by atoms with Gasteiger partial charge in [0, 0.05) is 38.8 Å². The zero-order valence-corrected chi connectivity index (χ0v) is 13.8. The highest BCUT2D eigenvalue weighted by Gasteiger charge is 2.29. The van der Waals surface area contributed by atoms with Crippen LogP contribution in [0.2, 0.25) is 5.02 Å². The van der Waals surface area contributed by atoms with Crippen molar-refractivity contribution in [1.29, 1.82) is 0 Å². The lowest BCUT2D eigenvalue weighted by Crippen LogP contribution is -2.53. The Morgan fingerprint density at radius 1 is 1.43 bits per heavy atom. The summed E-state index contributed by atoms with van der Waals surface area (Å²) in [5.74, 6) is 1.54. The van der Waals surface area contributed by atoms with Gasteiger partial charge < -0.3 is 15.7 Å². The van der Waals surface area contributed by atoms with E-state index < -0.39 is 0 Å². The van der Waals surface area contributed by atoms with Crippen molar-refractivity contribution < 1.29 is 5.11 Å². The fraction of sp³-hybridized carbons (Fsp3) is 0.500. The van der Waals surface area contributed by atoms with Crippen LogP contribution in [0.3, 0.4) is 0 Å². The first-order valence-corrected chi connectivity index (χ1v) is 7.83. The van der Waals surface area contributed by atoms with Gasteiger partial charge in [0.05, 0.1) is 18.1 Å². The number of anilines is 3. The molecular formula is C14H20ClN7O. The number of aliphatic hydroxyl groups excluding tert-OH is 1. The van der Waals surface area contributed by atoms with Crippen molar-refractivity contribution in [1.82, 2.24) is 24.6 Å². The summed E-state index contributed by atoms with van der Waals surface area (Å²) in [4.78, 5) is 10.6. The molecule has 3 heterocycles. The second kappa shape index (κ2) is 6.69. The Bertz CT molecular complexity index is 669. The molecule has 1 aliphatic heterocycles. The number of aryl methyl sites for hydroxylation is 1. The lowest BCUT2D eigenvalue weighted by atomic mass is 10.00. The Labute approximate surface area is 139 Å². The molecule has 0 bridgehead atoms. The molecule has 0 amide bonds. The van der Waals surface area contributed by atoms with E-state index in [-0.39, 0.29) is 6.23 Å². The molecule has 2 aromatic heterocycles. The number of aromatic nitrogens is 4. The van der Waals surface area contributed by atoms with Crippen molar-refractivity contribution in [3.05, 3.63) is 23.6 Å². The van der Waals surface area contributed by atoms with Gasteiger partial charge in [-0.25, -0.2) is 4.98 Å². The van der Waals surface area contributed by atoms with Crippen LogP contribution in [-0.4, -0.2) is 55.6 Å². The quantitative estimate of drug-likeness (QED) is 0.731. The van der Waals surface area contributed by atoms with Crippen LogP contribution >= 0.6 is 11.6 Å². The molecule has 3 N–H and O–H groups in total. The molecule has 9 heteroatoms. The number of likely N-dealkylation sites (tertiary alicyclic amines) is 1. The fourth-order valence-corrected chi connectivity index (χ4v) is 2.61. The van der Waals surface area contributed by atoms with Crippen LogP contribution in [0.25, 0.3) is 0 Å². The van der Waals surface area contributed by atoms with E-state index in [0.717, 1.165) is 25.3 Å². The molecule has 1 aliphatic rings. The molecule has 0 aliphatic carbocycles. The topological polar surface area (TPSA) is 91.1 Å². The molecular weight excluding hydrogens is 318 g/mol. The average Bonchev–Trinajstić information content (AvgIpc) is 2.85. The molecule has 1 saturated heterocycles. The van der Waals surface area contributed by atoms with Gasteiger partial charge in [-0.2, -0.15) is 10.1 Å². The molecule has 3 rings (SSSR count). The van der Waals surface area contributed by atoms with E-state index in [1.54, 1.807) is 24.0 Å². The van der Waals surface area contributed by atoms with Crippen LogP contribution in [0.5, 0.6) is 0 Å². The molecule has 8 nitrogen and oxygen atoms in total. The Morgan fingerprint density at radius 2 is 2.22 bits per heavy atom. The zero-order chi connectivity index (χ0) is 16.4. The minimum Gasteiger partial charge on any atom is -0.379 e. The van der Waals surface area contributed by atoms with E-state index in [2.05, 4.69) is 25.7 Å². The van der Waals surface area contributed by atoms with E-state index in [4.69, 9.17) is 11.6 Å². The molecule has 2 aromatic rings. The van der Waals surface area contributed by atoms with Crippen molar-refractivity contribution in [3.63, 3.8) is 0 Å². The van der Waals surface area contributed by atoms with Crippen LogP contribution in [0.15, 0.2) is 18.6 Å². The van der Waals surface area contributed by atoms with Crippen molar-refractivity contribution in [3.8, 4) is 0 Å². The first-order chi connectivity index (χ1) is 11.0. The standard InChI is InChI=1S/C14H20ClN7O/c1-9(23)22-6-10(7-22)3-16-13-12(15)5-17-14(20-13)19-11-4-18-21(2)8-11/h4-5,8-10,23H,3,6-7H2,1-2H3,(H2,16,17,19,20). The summed E-state index contributed by atoms with van der Waals surface area (Å²) < 4.78 is 1.70. The first kappa shape index (κ1) is 16.0. The van der Waals surface area contributed by atoms with E-state index in [0.29, 0.717) is 22.7 Å². The van der Waals surface area contributed by atoms with Gasteiger partial charge in [0.2, 0.25) is 5.95 Å². The molecule has 23 heavy (non-hydrogen) atoms. The van der Waals surface area contributed by atoms with Crippen LogP contribution in [0.4, 0.5) is 17.5 Å². The van der Waals surface area contributed by atoms with Gasteiger partial charge in [-0.3, -0.25) is 9.58 Å². The zero-order valence-electron chi connectivity index (χ0n) is 13.1. The Hall–Kier alpha value is -1.90. The SMILES string of the molecule is CC(O)N1CC(CNc2nc(Nc3cnn(C)c3)ncc2Cl)C1. The van der Waals surface area contributed by atoms with E-state index in [1.807, 2.05) is 18.1 Å². The molecule has 0 spiro atoms. The number of hydrogen-bond acceptors (Lipinski definition) is 7. The van der Waals surface area contributed by atoms with Gasteiger partial charge in [0.1, 0.15) is 11.3 Å². The highest BCUT2D eigenvalue weighted by molar-refractivity contribution is 6.32. The maximum absolute atomic E-state index is 9.45. The second-order valence-corrected chi connectivity index (χ2v) is 6.16. The Morgan fingerprint density at radius 3 is 2.87 bits per heavy atom. The normalized spacial score (nSPS) is 16.9. The summed E-state index contributed by atoms with van der Waals surface area (Å²) in [6.07, 6.45) is 4.72. The van der Waals surface area contributed by atoms with Crippen LogP contribution in [0.1, 0.15) is 6.92 Å². The molecule has 0 radical (unpaired) electrons. The number of halogens is 1.